The Balaban J connectivity index is 0. The number of hydrogen-bond donors (Lipinski definition) is 0. The molecule has 0 N–H and O–H groups in total. The van der Waals surface area contributed by atoms with E-state index in [0.717, 1.165) is 5.71 Å². The van der Waals surface area contributed by atoms with Crippen molar-refractivity contribution < 1.29 is 4.84 Å². The molecular weight excluding hydrogens is 138 g/mol. The molecule has 0 spiro atoms. The zero-order valence-corrected chi connectivity index (χ0v) is 7.85. The van der Waals surface area contributed by atoms with Crippen molar-refractivity contribution in [3.63, 3.8) is 0 Å². The number of nitrogens with zero attached hydrogens (tertiary/aromatic N) is 1. The molecule has 2 nitrogen and oxygen atoms in total. The molecule has 0 heterocycles. The van der Waals surface area contributed by atoms with Gasteiger partial charge in [0, 0.05) is 0 Å². The summed E-state index contributed by atoms with van der Waals surface area (Å²) in [5.74, 6) is 2.47. The van der Waals surface area contributed by atoms with Gasteiger partial charge in [-0.15, -0.1) is 12.3 Å². The first-order valence-electron chi connectivity index (χ1n) is 3.90. The molecular formula is C9H17NO. The minimum atomic E-state index is 0.569. The van der Waals surface area contributed by atoms with Gasteiger partial charge in [-0.3, -0.25) is 0 Å². The standard InChI is InChI=1S/C7H11NO.C2H6/c1-4-6-7(3)8-9-5-2;1-2/h1H,5-6H2,2-3H3;1-2H3/b8-7-;. The minimum Gasteiger partial charge on any atom is -0.396 e. The highest BCUT2D eigenvalue weighted by Gasteiger charge is 1.84. The van der Waals surface area contributed by atoms with E-state index < -0.39 is 0 Å². The Labute approximate surface area is 69.6 Å². The van der Waals surface area contributed by atoms with Gasteiger partial charge < -0.3 is 4.84 Å². The maximum Gasteiger partial charge on any atom is 0.114 e. The molecule has 0 unspecified atom stereocenters. The van der Waals surface area contributed by atoms with E-state index in [1.165, 1.54) is 0 Å². The molecule has 0 aromatic carbocycles. The summed E-state index contributed by atoms with van der Waals surface area (Å²) in [5.41, 5.74) is 0.847. The van der Waals surface area contributed by atoms with E-state index in [1.54, 1.807) is 0 Å². The van der Waals surface area contributed by atoms with Gasteiger partial charge in [-0.05, 0) is 13.8 Å². The van der Waals surface area contributed by atoms with Crippen molar-refractivity contribution in [1.82, 2.24) is 0 Å². The first-order chi connectivity index (χ1) is 5.31. The van der Waals surface area contributed by atoms with Crippen molar-refractivity contribution in [3.05, 3.63) is 0 Å². The zero-order chi connectivity index (χ0) is 9.11. The van der Waals surface area contributed by atoms with E-state index in [0.29, 0.717) is 13.0 Å². The molecule has 0 saturated carbocycles. The van der Waals surface area contributed by atoms with E-state index in [4.69, 9.17) is 11.3 Å². The first-order valence-corrected chi connectivity index (χ1v) is 3.90. The molecule has 11 heavy (non-hydrogen) atoms. The maximum absolute atomic E-state index is 5.01. The Morgan fingerprint density at radius 3 is 2.45 bits per heavy atom. The predicted octanol–water partition coefficient (Wildman–Crippen LogP) is 2.45. The molecule has 0 rings (SSSR count). The van der Waals surface area contributed by atoms with Gasteiger partial charge in [0.1, 0.15) is 6.61 Å². The summed E-state index contributed by atoms with van der Waals surface area (Å²) >= 11 is 0. The summed E-state index contributed by atoms with van der Waals surface area (Å²) in [6, 6.07) is 0. The zero-order valence-electron chi connectivity index (χ0n) is 7.85. The average Bonchev–Trinajstić information content (AvgIpc) is 2.05. The fourth-order valence-corrected chi connectivity index (χ4v) is 0.355. The molecule has 0 atom stereocenters. The largest absolute Gasteiger partial charge is 0.396 e. The van der Waals surface area contributed by atoms with Gasteiger partial charge in [0.25, 0.3) is 0 Å². The van der Waals surface area contributed by atoms with Crippen molar-refractivity contribution in [3.8, 4) is 12.3 Å². The quantitative estimate of drug-likeness (QED) is 0.348. The maximum atomic E-state index is 5.01. The Morgan fingerprint density at radius 1 is 1.55 bits per heavy atom. The topological polar surface area (TPSA) is 21.6 Å². The van der Waals surface area contributed by atoms with Gasteiger partial charge in [0.15, 0.2) is 0 Å². The predicted molar refractivity (Wildman–Crippen MR) is 49.5 cm³/mol. The van der Waals surface area contributed by atoms with E-state index in [-0.39, 0.29) is 0 Å². The third-order valence-corrected chi connectivity index (χ3v) is 0.707. The van der Waals surface area contributed by atoms with Crippen LogP contribution in [0.25, 0.3) is 0 Å². The smallest absolute Gasteiger partial charge is 0.114 e. The first kappa shape index (κ1) is 12.7. The Kier molecular flexibility index (Phi) is 13.6. The molecule has 0 bridgehead atoms. The molecule has 0 aliphatic carbocycles. The summed E-state index contributed by atoms with van der Waals surface area (Å²) in [6.45, 7) is 8.32. The second-order valence-corrected chi connectivity index (χ2v) is 1.63. The Bertz CT molecular complexity index is 133. The normalized spacial score (nSPS) is 9.18. The lowest BCUT2D eigenvalue weighted by atomic mass is 10.3. The van der Waals surface area contributed by atoms with Gasteiger partial charge in [-0.1, -0.05) is 19.0 Å². The molecule has 0 aromatic rings. The fraction of sp³-hybridized carbons (Fsp3) is 0.667. The highest BCUT2D eigenvalue weighted by Crippen LogP contribution is 1.84. The van der Waals surface area contributed by atoms with Gasteiger partial charge in [-0.25, -0.2) is 0 Å². The number of hydrogen-bond acceptors (Lipinski definition) is 2. The highest BCUT2D eigenvalue weighted by atomic mass is 16.6. The van der Waals surface area contributed by atoms with E-state index in [2.05, 4.69) is 11.1 Å². The van der Waals surface area contributed by atoms with Crippen LogP contribution < -0.4 is 0 Å². The molecule has 0 aliphatic heterocycles. The van der Waals surface area contributed by atoms with Gasteiger partial charge in [0.05, 0.1) is 12.1 Å². The monoisotopic (exact) mass is 155 g/mol. The van der Waals surface area contributed by atoms with Crippen LogP contribution in [0.2, 0.25) is 0 Å². The van der Waals surface area contributed by atoms with Gasteiger partial charge in [0.2, 0.25) is 0 Å². The van der Waals surface area contributed by atoms with E-state index in [1.807, 2.05) is 27.7 Å². The third kappa shape index (κ3) is 12.3. The van der Waals surface area contributed by atoms with Crippen LogP contribution in [-0.4, -0.2) is 12.3 Å². The highest BCUT2D eigenvalue weighted by molar-refractivity contribution is 5.83. The summed E-state index contributed by atoms with van der Waals surface area (Å²) in [4.78, 5) is 4.74. The Hall–Kier alpha value is -0.970. The lowest BCUT2D eigenvalue weighted by Crippen LogP contribution is -1.90. The van der Waals surface area contributed by atoms with Crippen molar-refractivity contribution in [1.29, 1.82) is 0 Å². The molecule has 0 amide bonds. The van der Waals surface area contributed by atoms with Crippen molar-refractivity contribution in [2.75, 3.05) is 6.61 Å². The van der Waals surface area contributed by atoms with Crippen LogP contribution in [0.1, 0.15) is 34.1 Å². The van der Waals surface area contributed by atoms with Gasteiger partial charge >= 0.3 is 0 Å². The number of terminal acetylenes is 1. The molecule has 0 aliphatic rings. The van der Waals surface area contributed by atoms with Crippen molar-refractivity contribution in [2.24, 2.45) is 5.16 Å². The molecule has 0 saturated heterocycles. The van der Waals surface area contributed by atoms with Crippen LogP contribution in [0, 0.1) is 12.3 Å². The van der Waals surface area contributed by atoms with Crippen LogP contribution in [0.15, 0.2) is 5.16 Å². The molecule has 0 fully saturated rings. The van der Waals surface area contributed by atoms with Gasteiger partial charge in [-0.2, -0.15) is 0 Å². The van der Waals surface area contributed by atoms with Crippen LogP contribution in [0.5, 0.6) is 0 Å². The van der Waals surface area contributed by atoms with E-state index in [9.17, 15) is 0 Å². The van der Waals surface area contributed by atoms with Crippen molar-refractivity contribution in [2.45, 2.75) is 34.1 Å². The lowest BCUT2D eigenvalue weighted by molar-refractivity contribution is 0.158. The van der Waals surface area contributed by atoms with Crippen LogP contribution >= 0.6 is 0 Å². The summed E-state index contributed by atoms with van der Waals surface area (Å²) in [6.07, 6.45) is 5.58. The SMILES string of the molecule is C#CC/C(C)=N\OCC.CC. The molecule has 64 valence electrons. The molecule has 0 radical (unpaired) electrons. The second kappa shape index (κ2) is 11.8. The van der Waals surface area contributed by atoms with Crippen LogP contribution in [0.4, 0.5) is 0 Å². The molecule has 0 aromatic heterocycles. The second-order valence-electron chi connectivity index (χ2n) is 1.63. The lowest BCUT2D eigenvalue weighted by Gasteiger charge is -1.93. The summed E-state index contributed by atoms with van der Waals surface area (Å²) in [7, 11) is 0. The third-order valence-electron chi connectivity index (χ3n) is 0.707. The Morgan fingerprint density at radius 2 is 2.09 bits per heavy atom. The average molecular weight is 155 g/mol. The summed E-state index contributed by atoms with van der Waals surface area (Å²) in [5, 5.41) is 3.71. The fourth-order valence-electron chi connectivity index (χ4n) is 0.355. The summed E-state index contributed by atoms with van der Waals surface area (Å²) < 4.78 is 0. The molecule has 2 heteroatoms. The van der Waals surface area contributed by atoms with Crippen LogP contribution in [-0.2, 0) is 4.84 Å². The van der Waals surface area contributed by atoms with E-state index >= 15 is 0 Å². The number of oxime groups is 1. The van der Waals surface area contributed by atoms with Crippen LogP contribution in [0.3, 0.4) is 0 Å². The van der Waals surface area contributed by atoms with Crippen molar-refractivity contribution >= 4 is 5.71 Å². The number of rotatable bonds is 3. The minimum absolute atomic E-state index is 0.569.